The van der Waals surface area contributed by atoms with Crippen molar-refractivity contribution in [2.45, 2.75) is 19.8 Å². The zero-order valence-corrected chi connectivity index (χ0v) is 12.9. The van der Waals surface area contributed by atoms with Gasteiger partial charge in [0, 0.05) is 12.1 Å². The van der Waals surface area contributed by atoms with E-state index in [0.29, 0.717) is 6.42 Å². The van der Waals surface area contributed by atoms with Gasteiger partial charge < -0.3 is 4.74 Å². The van der Waals surface area contributed by atoms with Gasteiger partial charge in [0.15, 0.2) is 0 Å². The molecule has 2 rings (SSSR count). The van der Waals surface area contributed by atoms with E-state index in [4.69, 9.17) is 4.74 Å². The molecule has 22 heavy (non-hydrogen) atoms. The van der Waals surface area contributed by atoms with E-state index in [1.54, 1.807) is 7.11 Å². The number of carbonyl (C=O) groups excluding carboxylic acids is 1. The number of methoxy groups -OCH3 is 1. The molecule has 0 bridgehead atoms. The molecule has 0 aromatic heterocycles. The monoisotopic (exact) mass is 296 g/mol. The summed E-state index contributed by atoms with van der Waals surface area (Å²) in [7, 11) is 1.62. The van der Waals surface area contributed by atoms with Crippen molar-refractivity contribution in [3.05, 3.63) is 65.7 Å². The Morgan fingerprint density at radius 3 is 2.27 bits per heavy atom. The minimum Gasteiger partial charge on any atom is -0.497 e. The smallest absolute Gasteiger partial charge is 0.244 e. The summed E-state index contributed by atoms with van der Waals surface area (Å²) in [4.78, 5) is 11.9. The van der Waals surface area contributed by atoms with Gasteiger partial charge >= 0.3 is 0 Å². The van der Waals surface area contributed by atoms with Gasteiger partial charge in [-0.25, -0.2) is 5.43 Å². The molecule has 4 heteroatoms. The molecule has 0 unspecified atom stereocenters. The SMILES string of the molecule is COc1ccc(CC(=O)N/N=C(\C)Cc2ccccc2)cc1. The minimum absolute atomic E-state index is 0.127. The molecule has 0 saturated heterocycles. The predicted octanol–water partition coefficient (Wildman–Crippen LogP) is 2.97. The van der Waals surface area contributed by atoms with Gasteiger partial charge in [0.1, 0.15) is 5.75 Å². The highest BCUT2D eigenvalue weighted by molar-refractivity contribution is 5.86. The number of nitrogens with one attached hydrogen (secondary N) is 1. The molecule has 114 valence electrons. The summed E-state index contributed by atoms with van der Waals surface area (Å²) in [6.45, 7) is 1.90. The van der Waals surface area contributed by atoms with E-state index in [0.717, 1.165) is 23.4 Å². The highest BCUT2D eigenvalue weighted by Gasteiger charge is 2.03. The fourth-order valence-electron chi connectivity index (χ4n) is 2.06. The van der Waals surface area contributed by atoms with E-state index in [1.165, 1.54) is 5.56 Å². The molecule has 4 nitrogen and oxygen atoms in total. The first-order chi connectivity index (χ1) is 10.7. The summed E-state index contributed by atoms with van der Waals surface area (Å²) in [5.74, 6) is 0.651. The molecule has 0 atom stereocenters. The van der Waals surface area contributed by atoms with Crippen molar-refractivity contribution in [3.63, 3.8) is 0 Å². The zero-order valence-electron chi connectivity index (χ0n) is 12.9. The van der Waals surface area contributed by atoms with Crippen LogP contribution in [0.5, 0.6) is 5.75 Å². The Hall–Kier alpha value is -2.62. The molecule has 0 radical (unpaired) electrons. The summed E-state index contributed by atoms with van der Waals surface area (Å²) >= 11 is 0. The summed E-state index contributed by atoms with van der Waals surface area (Å²) in [6, 6.07) is 17.5. The van der Waals surface area contributed by atoms with E-state index in [9.17, 15) is 4.79 Å². The number of rotatable bonds is 6. The average molecular weight is 296 g/mol. The molecule has 0 aliphatic rings. The highest BCUT2D eigenvalue weighted by Crippen LogP contribution is 2.11. The molecule has 2 aromatic carbocycles. The largest absolute Gasteiger partial charge is 0.497 e. The van der Waals surface area contributed by atoms with Gasteiger partial charge in [-0.1, -0.05) is 42.5 Å². The lowest BCUT2D eigenvalue weighted by Gasteiger charge is -2.04. The second-order valence-corrected chi connectivity index (χ2v) is 5.07. The lowest BCUT2D eigenvalue weighted by Crippen LogP contribution is -2.21. The van der Waals surface area contributed by atoms with Crippen molar-refractivity contribution in [1.82, 2.24) is 5.43 Å². The maximum absolute atomic E-state index is 11.9. The summed E-state index contributed by atoms with van der Waals surface area (Å²) in [5.41, 5.74) is 5.57. The second kappa shape index (κ2) is 7.98. The number of ether oxygens (including phenoxy) is 1. The lowest BCUT2D eigenvalue weighted by atomic mass is 10.1. The first-order valence-electron chi connectivity index (χ1n) is 7.16. The standard InChI is InChI=1S/C18H20N2O2/c1-14(12-15-6-4-3-5-7-15)19-20-18(21)13-16-8-10-17(22-2)11-9-16/h3-11H,12-13H2,1-2H3,(H,20,21)/b19-14+. The fraction of sp³-hybridized carbons (Fsp3) is 0.222. The lowest BCUT2D eigenvalue weighted by molar-refractivity contribution is -0.120. The summed E-state index contributed by atoms with van der Waals surface area (Å²) in [6.07, 6.45) is 1.02. The molecule has 0 saturated carbocycles. The highest BCUT2D eigenvalue weighted by atomic mass is 16.5. The van der Waals surface area contributed by atoms with Crippen LogP contribution in [0, 0.1) is 0 Å². The Bertz CT molecular complexity index is 634. The molecule has 0 aliphatic heterocycles. The quantitative estimate of drug-likeness (QED) is 0.658. The molecule has 1 amide bonds. The first-order valence-corrected chi connectivity index (χ1v) is 7.16. The number of hydrogen-bond donors (Lipinski definition) is 1. The van der Waals surface area contributed by atoms with Crippen molar-refractivity contribution < 1.29 is 9.53 Å². The van der Waals surface area contributed by atoms with Crippen molar-refractivity contribution in [2.24, 2.45) is 5.10 Å². The molecule has 0 heterocycles. The van der Waals surface area contributed by atoms with Crippen LogP contribution in [0.4, 0.5) is 0 Å². The molecule has 0 fully saturated rings. The first kappa shape index (κ1) is 15.8. The van der Waals surface area contributed by atoms with Crippen LogP contribution in [-0.4, -0.2) is 18.7 Å². The number of nitrogens with zero attached hydrogens (tertiary/aromatic N) is 1. The fourth-order valence-corrected chi connectivity index (χ4v) is 2.06. The van der Waals surface area contributed by atoms with Crippen LogP contribution in [0.25, 0.3) is 0 Å². The zero-order chi connectivity index (χ0) is 15.8. The third kappa shape index (κ3) is 5.05. The van der Waals surface area contributed by atoms with Crippen LogP contribution in [0.2, 0.25) is 0 Å². The van der Waals surface area contributed by atoms with Gasteiger partial charge in [-0.3, -0.25) is 4.79 Å². The summed E-state index contributed by atoms with van der Waals surface area (Å²) in [5, 5.41) is 4.14. The molecular formula is C18H20N2O2. The number of hydrogen-bond acceptors (Lipinski definition) is 3. The van der Waals surface area contributed by atoms with E-state index < -0.39 is 0 Å². The van der Waals surface area contributed by atoms with Crippen LogP contribution in [0.1, 0.15) is 18.1 Å². The Morgan fingerprint density at radius 2 is 1.64 bits per heavy atom. The van der Waals surface area contributed by atoms with Crippen molar-refractivity contribution in [1.29, 1.82) is 0 Å². The molecular weight excluding hydrogens is 276 g/mol. The van der Waals surface area contributed by atoms with Crippen LogP contribution in [0.15, 0.2) is 59.7 Å². The molecule has 0 aliphatic carbocycles. The van der Waals surface area contributed by atoms with Crippen LogP contribution in [0.3, 0.4) is 0 Å². The molecule has 2 aromatic rings. The van der Waals surface area contributed by atoms with Gasteiger partial charge in [0.05, 0.1) is 13.5 Å². The number of benzene rings is 2. The minimum atomic E-state index is -0.127. The number of carbonyl (C=O) groups is 1. The maximum Gasteiger partial charge on any atom is 0.244 e. The van der Waals surface area contributed by atoms with E-state index in [-0.39, 0.29) is 5.91 Å². The normalized spacial score (nSPS) is 11.1. The van der Waals surface area contributed by atoms with Crippen LogP contribution in [-0.2, 0) is 17.6 Å². The van der Waals surface area contributed by atoms with Crippen molar-refractivity contribution in [3.8, 4) is 5.75 Å². The van der Waals surface area contributed by atoms with Gasteiger partial charge in [0.2, 0.25) is 5.91 Å². The second-order valence-electron chi connectivity index (χ2n) is 5.07. The molecule has 1 N–H and O–H groups in total. The van der Waals surface area contributed by atoms with Gasteiger partial charge in [-0.2, -0.15) is 5.10 Å². The Labute approximate surface area is 130 Å². The number of amides is 1. The third-order valence-corrected chi connectivity index (χ3v) is 3.20. The third-order valence-electron chi connectivity index (χ3n) is 3.20. The molecule has 0 spiro atoms. The van der Waals surface area contributed by atoms with Crippen LogP contribution < -0.4 is 10.2 Å². The Morgan fingerprint density at radius 1 is 1.00 bits per heavy atom. The number of hydrazone groups is 1. The van der Waals surface area contributed by atoms with E-state index in [1.807, 2.05) is 61.5 Å². The van der Waals surface area contributed by atoms with Crippen molar-refractivity contribution in [2.75, 3.05) is 7.11 Å². The maximum atomic E-state index is 11.9. The van der Waals surface area contributed by atoms with E-state index in [2.05, 4.69) is 10.5 Å². The van der Waals surface area contributed by atoms with Gasteiger partial charge in [-0.15, -0.1) is 0 Å². The summed E-state index contributed by atoms with van der Waals surface area (Å²) < 4.78 is 5.09. The average Bonchev–Trinajstić information content (AvgIpc) is 2.55. The van der Waals surface area contributed by atoms with Crippen LogP contribution >= 0.6 is 0 Å². The Kier molecular flexibility index (Phi) is 5.72. The van der Waals surface area contributed by atoms with Gasteiger partial charge in [0.25, 0.3) is 0 Å². The van der Waals surface area contributed by atoms with Crippen molar-refractivity contribution >= 4 is 11.6 Å². The topological polar surface area (TPSA) is 50.7 Å². The predicted molar refractivity (Wildman–Crippen MR) is 88.1 cm³/mol. The van der Waals surface area contributed by atoms with Gasteiger partial charge in [-0.05, 0) is 30.2 Å². The Balaban J connectivity index is 1.84. The van der Waals surface area contributed by atoms with E-state index >= 15 is 0 Å².